The summed E-state index contributed by atoms with van der Waals surface area (Å²) in [7, 11) is 1.68. The van der Waals surface area contributed by atoms with E-state index in [-0.39, 0.29) is 0 Å². The van der Waals surface area contributed by atoms with Crippen LogP contribution in [0, 0.1) is 0 Å². The minimum Gasteiger partial charge on any atom is -0.497 e. The molecule has 1 aliphatic rings. The Labute approximate surface area is 152 Å². The summed E-state index contributed by atoms with van der Waals surface area (Å²) in [6.45, 7) is 3.21. The third-order valence-electron chi connectivity index (χ3n) is 5.08. The van der Waals surface area contributed by atoms with Gasteiger partial charge in [0.25, 0.3) is 0 Å². The number of nitrogens with zero attached hydrogens (tertiary/aromatic N) is 2. The molecule has 1 N–H and O–H groups in total. The minimum absolute atomic E-state index is 0.296. The molecule has 0 bridgehead atoms. The quantitative estimate of drug-likeness (QED) is 0.757. The number of carboxylic acids is 1. The first-order chi connectivity index (χ1) is 12.7. The Hall–Kier alpha value is -2.79. The molecule has 1 fully saturated rings. The largest absolute Gasteiger partial charge is 0.497 e. The molecule has 5 heteroatoms. The highest BCUT2D eigenvalue weighted by atomic mass is 16.5. The Balaban J connectivity index is 1.79. The van der Waals surface area contributed by atoms with Gasteiger partial charge in [-0.1, -0.05) is 0 Å². The number of benzene rings is 2. The van der Waals surface area contributed by atoms with Gasteiger partial charge in [0.05, 0.1) is 18.2 Å². The summed E-state index contributed by atoms with van der Waals surface area (Å²) in [6, 6.07) is 13.1. The molecule has 5 nitrogen and oxygen atoms in total. The molecule has 0 atom stereocenters. The topological polar surface area (TPSA) is 54.7 Å². The summed E-state index contributed by atoms with van der Waals surface area (Å²) in [5.41, 5.74) is 3.62. The van der Waals surface area contributed by atoms with Crippen LogP contribution < -0.4 is 4.74 Å². The fraction of sp³-hybridized carbons (Fsp3) is 0.286. The first-order valence-corrected chi connectivity index (χ1v) is 8.90. The number of carboxylic acid groups (broad SMARTS) is 1. The second-order valence-corrected chi connectivity index (χ2v) is 6.74. The van der Waals surface area contributed by atoms with Gasteiger partial charge in [0.15, 0.2) is 0 Å². The zero-order valence-corrected chi connectivity index (χ0v) is 14.8. The summed E-state index contributed by atoms with van der Waals surface area (Å²) in [5, 5.41) is 10.3. The van der Waals surface area contributed by atoms with E-state index >= 15 is 0 Å². The van der Waals surface area contributed by atoms with Gasteiger partial charge in [-0.2, -0.15) is 0 Å². The van der Waals surface area contributed by atoms with E-state index in [9.17, 15) is 4.79 Å². The van der Waals surface area contributed by atoms with E-state index in [2.05, 4.69) is 27.8 Å². The molecule has 0 aliphatic carbocycles. The Bertz CT molecular complexity index is 938. The van der Waals surface area contributed by atoms with Gasteiger partial charge in [-0.3, -0.25) is 4.90 Å². The van der Waals surface area contributed by atoms with E-state index < -0.39 is 5.97 Å². The summed E-state index contributed by atoms with van der Waals surface area (Å²) in [6.07, 6.45) is 4.69. The predicted octanol–water partition coefficient (Wildman–Crippen LogP) is 3.93. The maximum absolute atomic E-state index is 11.1. The van der Waals surface area contributed by atoms with Crippen molar-refractivity contribution < 1.29 is 14.6 Å². The van der Waals surface area contributed by atoms with Gasteiger partial charge in [0, 0.05) is 23.8 Å². The van der Waals surface area contributed by atoms with Crippen LogP contribution in [0.5, 0.6) is 5.75 Å². The van der Waals surface area contributed by atoms with Gasteiger partial charge in [-0.05, 0) is 74.0 Å². The number of likely N-dealkylation sites (tertiary alicyclic amines) is 1. The number of carbonyl (C=O) groups is 1. The average Bonchev–Trinajstić information content (AvgIpc) is 3.30. The van der Waals surface area contributed by atoms with Gasteiger partial charge in [-0.25, -0.2) is 4.79 Å². The van der Waals surface area contributed by atoms with Crippen molar-refractivity contribution in [1.82, 2.24) is 9.47 Å². The summed E-state index contributed by atoms with van der Waals surface area (Å²) in [5.74, 6) is -0.0625. The van der Waals surface area contributed by atoms with Crippen LogP contribution in [-0.2, 0) is 6.54 Å². The fourth-order valence-electron chi connectivity index (χ4n) is 3.69. The highest BCUT2D eigenvalue weighted by Crippen LogP contribution is 2.30. The van der Waals surface area contributed by atoms with Crippen molar-refractivity contribution >= 4 is 16.9 Å². The van der Waals surface area contributed by atoms with Crippen LogP contribution in [0.25, 0.3) is 16.6 Å². The first-order valence-electron chi connectivity index (χ1n) is 8.90. The highest BCUT2D eigenvalue weighted by Gasteiger charge is 2.17. The van der Waals surface area contributed by atoms with Crippen molar-refractivity contribution in [3.8, 4) is 11.4 Å². The minimum atomic E-state index is -0.909. The molecule has 26 heavy (non-hydrogen) atoms. The van der Waals surface area contributed by atoms with Crippen LogP contribution in [-0.4, -0.2) is 40.7 Å². The van der Waals surface area contributed by atoms with E-state index in [0.717, 1.165) is 36.6 Å². The maximum atomic E-state index is 11.1. The number of fused-ring (bicyclic) bond motifs is 1. The van der Waals surface area contributed by atoms with Gasteiger partial charge in [0.1, 0.15) is 5.75 Å². The highest BCUT2D eigenvalue weighted by molar-refractivity contribution is 5.89. The molecule has 1 aliphatic heterocycles. The molecule has 3 aromatic rings. The molecule has 1 saturated heterocycles. The number of hydrogen-bond donors (Lipinski definition) is 1. The molecule has 0 spiro atoms. The fourth-order valence-corrected chi connectivity index (χ4v) is 3.69. The van der Waals surface area contributed by atoms with Crippen LogP contribution in [0.1, 0.15) is 28.8 Å². The number of rotatable bonds is 5. The lowest BCUT2D eigenvalue weighted by molar-refractivity contribution is 0.0697. The molecule has 0 radical (unpaired) electrons. The zero-order chi connectivity index (χ0) is 18.1. The molecular weight excluding hydrogens is 328 g/mol. The van der Waals surface area contributed by atoms with Crippen molar-refractivity contribution in [1.29, 1.82) is 0 Å². The van der Waals surface area contributed by atoms with Gasteiger partial charge in [-0.15, -0.1) is 0 Å². The molecule has 0 unspecified atom stereocenters. The van der Waals surface area contributed by atoms with E-state index in [0.29, 0.717) is 5.56 Å². The smallest absolute Gasteiger partial charge is 0.335 e. The van der Waals surface area contributed by atoms with Gasteiger partial charge >= 0.3 is 5.97 Å². The van der Waals surface area contributed by atoms with Crippen LogP contribution in [0.3, 0.4) is 0 Å². The lowest BCUT2D eigenvalue weighted by atomic mass is 10.1. The van der Waals surface area contributed by atoms with E-state index in [1.54, 1.807) is 19.2 Å². The van der Waals surface area contributed by atoms with Gasteiger partial charge in [0.2, 0.25) is 0 Å². The summed E-state index contributed by atoms with van der Waals surface area (Å²) >= 11 is 0. The number of aromatic carboxylic acids is 1. The number of hydrogen-bond acceptors (Lipinski definition) is 3. The van der Waals surface area contributed by atoms with Crippen LogP contribution in [0.2, 0.25) is 0 Å². The Morgan fingerprint density at radius 2 is 1.85 bits per heavy atom. The van der Waals surface area contributed by atoms with E-state index in [1.165, 1.54) is 23.8 Å². The van der Waals surface area contributed by atoms with Crippen LogP contribution in [0.15, 0.2) is 48.7 Å². The molecule has 4 rings (SSSR count). The molecule has 134 valence electrons. The predicted molar refractivity (Wildman–Crippen MR) is 101 cm³/mol. The molecule has 0 amide bonds. The average molecular weight is 350 g/mol. The summed E-state index contributed by atoms with van der Waals surface area (Å²) < 4.78 is 7.55. The second-order valence-electron chi connectivity index (χ2n) is 6.74. The van der Waals surface area contributed by atoms with Gasteiger partial charge < -0.3 is 14.4 Å². The lowest BCUT2D eigenvalue weighted by Crippen LogP contribution is -2.18. The Morgan fingerprint density at radius 3 is 2.50 bits per heavy atom. The van der Waals surface area contributed by atoms with Crippen LogP contribution >= 0.6 is 0 Å². The molecular formula is C21H22N2O3. The third-order valence-corrected chi connectivity index (χ3v) is 5.08. The number of aromatic nitrogens is 1. The Morgan fingerprint density at radius 1 is 1.12 bits per heavy atom. The molecule has 0 saturated carbocycles. The summed E-state index contributed by atoms with van der Waals surface area (Å²) in [4.78, 5) is 13.6. The number of methoxy groups -OCH3 is 1. The lowest BCUT2D eigenvalue weighted by Gasteiger charge is -2.13. The van der Waals surface area contributed by atoms with Crippen molar-refractivity contribution in [2.45, 2.75) is 19.4 Å². The van der Waals surface area contributed by atoms with Crippen molar-refractivity contribution in [3.63, 3.8) is 0 Å². The third kappa shape index (κ3) is 3.06. The van der Waals surface area contributed by atoms with Crippen molar-refractivity contribution in [2.75, 3.05) is 20.2 Å². The second kappa shape index (κ2) is 6.84. The monoisotopic (exact) mass is 350 g/mol. The van der Waals surface area contributed by atoms with Crippen LogP contribution in [0.4, 0.5) is 0 Å². The van der Waals surface area contributed by atoms with E-state index in [4.69, 9.17) is 9.84 Å². The van der Waals surface area contributed by atoms with Crippen molar-refractivity contribution in [2.24, 2.45) is 0 Å². The molecule has 2 heterocycles. The normalized spacial score (nSPS) is 14.8. The number of ether oxygens (including phenoxy) is 1. The van der Waals surface area contributed by atoms with E-state index in [1.807, 2.05) is 18.2 Å². The Kier molecular flexibility index (Phi) is 4.39. The zero-order valence-electron chi connectivity index (χ0n) is 14.8. The molecule has 1 aromatic heterocycles. The maximum Gasteiger partial charge on any atom is 0.335 e. The first kappa shape index (κ1) is 16.7. The SMILES string of the molecule is COc1ccc2c(c1)c(CN1CCCC1)cn2-c1ccc(C(=O)O)cc1. The molecule has 2 aromatic carbocycles. The van der Waals surface area contributed by atoms with Crippen molar-refractivity contribution in [3.05, 3.63) is 59.8 Å². The standard InChI is InChI=1S/C21H22N2O3/c1-26-18-8-9-20-19(12-18)16(13-22-10-2-3-11-22)14-23(20)17-6-4-15(5-7-17)21(24)25/h4-9,12,14H,2-3,10-11,13H2,1H3,(H,24,25).